The molecule has 1 N–H and O–H groups in total. The maximum atomic E-state index is 11.3. The van der Waals surface area contributed by atoms with Gasteiger partial charge in [0.2, 0.25) is 0 Å². The Hall–Kier alpha value is -0.570. The largest absolute Gasteiger partial charge is 0.469 e. The summed E-state index contributed by atoms with van der Waals surface area (Å²) in [5, 5.41) is 10.3. The van der Waals surface area contributed by atoms with Gasteiger partial charge in [0, 0.05) is 0 Å². The van der Waals surface area contributed by atoms with Gasteiger partial charge in [0.15, 0.2) is 0 Å². The second kappa shape index (κ2) is 3.54. The molecule has 1 fully saturated rings. The van der Waals surface area contributed by atoms with Gasteiger partial charge in [0.1, 0.15) is 0 Å². The molecule has 0 aromatic rings. The first-order valence-electron chi connectivity index (χ1n) is 5.11. The molecule has 1 saturated carbocycles. The average molecular weight is 200 g/mol. The number of hydrogen-bond acceptors (Lipinski definition) is 3. The van der Waals surface area contributed by atoms with E-state index in [-0.39, 0.29) is 11.4 Å². The van der Waals surface area contributed by atoms with Crippen LogP contribution in [-0.4, -0.2) is 23.8 Å². The van der Waals surface area contributed by atoms with Crippen molar-refractivity contribution in [2.75, 3.05) is 7.11 Å². The van der Waals surface area contributed by atoms with Crippen LogP contribution in [0.2, 0.25) is 0 Å². The average Bonchev–Trinajstić information content (AvgIpc) is 2.39. The molecule has 0 amide bonds. The summed E-state index contributed by atoms with van der Waals surface area (Å²) in [6.07, 6.45) is 2.33. The zero-order valence-corrected chi connectivity index (χ0v) is 9.46. The van der Waals surface area contributed by atoms with E-state index in [1.54, 1.807) is 6.92 Å². The van der Waals surface area contributed by atoms with Gasteiger partial charge in [-0.25, -0.2) is 0 Å². The van der Waals surface area contributed by atoms with Crippen LogP contribution in [0.5, 0.6) is 0 Å². The van der Waals surface area contributed by atoms with E-state index < -0.39 is 11.5 Å². The summed E-state index contributed by atoms with van der Waals surface area (Å²) < 4.78 is 4.66. The number of methoxy groups -OCH3 is 1. The summed E-state index contributed by atoms with van der Waals surface area (Å²) >= 11 is 0. The Morgan fingerprint density at radius 3 is 2.36 bits per heavy atom. The number of hydrogen-bond donors (Lipinski definition) is 1. The third-order valence-corrected chi connectivity index (χ3v) is 3.38. The third kappa shape index (κ3) is 2.08. The van der Waals surface area contributed by atoms with E-state index in [4.69, 9.17) is 0 Å². The van der Waals surface area contributed by atoms with Crippen molar-refractivity contribution in [2.24, 2.45) is 11.3 Å². The summed E-state index contributed by atoms with van der Waals surface area (Å²) in [6.45, 7) is 5.98. The Morgan fingerprint density at radius 2 is 2.00 bits per heavy atom. The lowest BCUT2D eigenvalue weighted by Gasteiger charge is -2.29. The topological polar surface area (TPSA) is 46.5 Å². The molecule has 0 bridgehead atoms. The van der Waals surface area contributed by atoms with E-state index in [1.165, 1.54) is 7.11 Å². The summed E-state index contributed by atoms with van der Waals surface area (Å²) in [5.41, 5.74) is -0.729. The van der Waals surface area contributed by atoms with Crippen LogP contribution in [0.4, 0.5) is 0 Å². The summed E-state index contributed by atoms with van der Waals surface area (Å²) in [5.74, 6) is -0.737. The van der Waals surface area contributed by atoms with Gasteiger partial charge in [0.05, 0.1) is 18.6 Å². The van der Waals surface area contributed by atoms with Crippen molar-refractivity contribution in [3.63, 3.8) is 0 Å². The number of ether oxygens (including phenoxy) is 1. The molecule has 0 aromatic heterocycles. The predicted octanol–water partition coefficient (Wildman–Crippen LogP) is 1.74. The highest BCUT2D eigenvalue weighted by Gasteiger charge is 2.48. The van der Waals surface area contributed by atoms with Crippen molar-refractivity contribution >= 4 is 5.97 Å². The van der Waals surface area contributed by atoms with Crippen LogP contribution in [0.3, 0.4) is 0 Å². The van der Waals surface area contributed by atoms with E-state index in [0.717, 1.165) is 6.42 Å². The molecule has 3 heteroatoms. The summed E-state index contributed by atoms with van der Waals surface area (Å²) in [7, 11) is 1.36. The summed E-state index contributed by atoms with van der Waals surface area (Å²) in [6, 6.07) is 0. The highest BCUT2D eigenvalue weighted by atomic mass is 16.5. The first kappa shape index (κ1) is 11.5. The van der Waals surface area contributed by atoms with E-state index in [1.807, 2.05) is 0 Å². The standard InChI is InChI=1S/C11H20O3/c1-8(9(12)14-4)11(13)6-5-10(2,3)7-11/h8,13H,5-7H2,1-4H3. The van der Waals surface area contributed by atoms with Gasteiger partial charge < -0.3 is 9.84 Å². The Kier molecular flexibility index (Phi) is 2.91. The zero-order chi connectivity index (χ0) is 11.0. The molecule has 14 heavy (non-hydrogen) atoms. The molecule has 3 nitrogen and oxygen atoms in total. The van der Waals surface area contributed by atoms with Crippen LogP contribution < -0.4 is 0 Å². The number of rotatable bonds is 2. The maximum absolute atomic E-state index is 11.3. The molecule has 0 saturated heterocycles. The van der Waals surface area contributed by atoms with Crippen molar-refractivity contribution in [1.82, 2.24) is 0 Å². The molecule has 1 aliphatic rings. The first-order chi connectivity index (χ1) is 6.31. The molecular formula is C11H20O3. The monoisotopic (exact) mass is 200 g/mol. The Morgan fingerprint density at radius 1 is 1.43 bits per heavy atom. The summed E-state index contributed by atoms with van der Waals surface area (Å²) in [4.78, 5) is 11.3. The third-order valence-electron chi connectivity index (χ3n) is 3.38. The quantitative estimate of drug-likeness (QED) is 0.691. The van der Waals surface area contributed by atoms with Crippen LogP contribution in [-0.2, 0) is 9.53 Å². The minimum atomic E-state index is -0.864. The number of aliphatic hydroxyl groups is 1. The molecular weight excluding hydrogens is 180 g/mol. The maximum Gasteiger partial charge on any atom is 0.311 e. The van der Waals surface area contributed by atoms with Crippen LogP contribution in [0.25, 0.3) is 0 Å². The van der Waals surface area contributed by atoms with E-state index in [0.29, 0.717) is 12.8 Å². The fourth-order valence-electron chi connectivity index (χ4n) is 2.33. The smallest absolute Gasteiger partial charge is 0.311 e. The van der Waals surface area contributed by atoms with Crippen molar-refractivity contribution in [2.45, 2.75) is 45.6 Å². The Labute approximate surface area is 85.5 Å². The van der Waals surface area contributed by atoms with Gasteiger partial charge in [-0.15, -0.1) is 0 Å². The first-order valence-corrected chi connectivity index (χ1v) is 5.11. The SMILES string of the molecule is COC(=O)C(C)C1(O)CCC(C)(C)C1. The van der Waals surface area contributed by atoms with Crippen molar-refractivity contribution < 1.29 is 14.6 Å². The molecule has 0 spiro atoms. The number of carbonyl (C=O) groups excluding carboxylic acids is 1. The van der Waals surface area contributed by atoms with E-state index in [9.17, 15) is 9.90 Å². The molecule has 2 atom stereocenters. The molecule has 82 valence electrons. The van der Waals surface area contributed by atoms with Crippen LogP contribution in [0.1, 0.15) is 40.0 Å². The Bertz CT molecular complexity index is 235. The molecule has 1 aliphatic carbocycles. The van der Waals surface area contributed by atoms with Crippen molar-refractivity contribution in [3.05, 3.63) is 0 Å². The lowest BCUT2D eigenvalue weighted by atomic mass is 9.83. The molecule has 0 aromatic carbocycles. The van der Waals surface area contributed by atoms with Gasteiger partial charge in [-0.2, -0.15) is 0 Å². The van der Waals surface area contributed by atoms with Gasteiger partial charge in [-0.3, -0.25) is 4.79 Å². The van der Waals surface area contributed by atoms with E-state index >= 15 is 0 Å². The zero-order valence-electron chi connectivity index (χ0n) is 9.46. The van der Waals surface area contributed by atoms with Gasteiger partial charge >= 0.3 is 5.97 Å². The van der Waals surface area contributed by atoms with Crippen molar-refractivity contribution in [1.29, 1.82) is 0 Å². The minimum Gasteiger partial charge on any atom is -0.469 e. The molecule has 0 heterocycles. The van der Waals surface area contributed by atoms with E-state index in [2.05, 4.69) is 18.6 Å². The lowest BCUT2D eigenvalue weighted by molar-refractivity contribution is -0.154. The molecule has 0 aliphatic heterocycles. The second-order valence-corrected chi connectivity index (χ2v) is 5.19. The van der Waals surface area contributed by atoms with Crippen LogP contribution in [0, 0.1) is 11.3 Å². The van der Waals surface area contributed by atoms with Crippen LogP contribution in [0.15, 0.2) is 0 Å². The predicted molar refractivity (Wildman–Crippen MR) is 53.8 cm³/mol. The van der Waals surface area contributed by atoms with Gasteiger partial charge in [-0.05, 0) is 31.6 Å². The highest BCUT2D eigenvalue weighted by Crippen LogP contribution is 2.47. The number of esters is 1. The molecule has 1 rings (SSSR count). The van der Waals surface area contributed by atoms with Gasteiger partial charge in [-0.1, -0.05) is 13.8 Å². The molecule has 2 unspecified atom stereocenters. The minimum absolute atomic E-state index is 0.136. The van der Waals surface area contributed by atoms with Crippen molar-refractivity contribution in [3.8, 4) is 0 Å². The lowest BCUT2D eigenvalue weighted by Crippen LogP contribution is -2.39. The highest BCUT2D eigenvalue weighted by molar-refractivity contribution is 5.73. The molecule has 0 radical (unpaired) electrons. The fourth-order valence-corrected chi connectivity index (χ4v) is 2.33. The Balaban J connectivity index is 2.73. The van der Waals surface area contributed by atoms with Crippen LogP contribution >= 0.6 is 0 Å². The fraction of sp³-hybridized carbons (Fsp3) is 0.909. The normalized spacial score (nSPS) is 32.6. The van der Waals surface area contributed by atoms with Gasteiger partial charge in [0.25, 0.3) is 0 Å². The second-order valence-electron chi connectivity index (χ2n) is 5.19. The number of carbonyl (C=O) groups is 1.